The van der Waals surface area contributed by atoms with E-state index < -0.39 is 25.8 Å². The zero-order chi connectivity index (χ0) is 31.3. The minimum Gasteiger partial charge on any atom is -0.494 e. The number of ether oxygens (including phenoxy) is 1. The van der Waals surface area contributed by atoms with Gasteiger partial charge in [-0.15, -0.1) is 0 Å². The number of hydrogen-bond acceptors (Lipinski definition) is 5. The molecule has 2 aliphatic carbocycles. The lowest BCUT2D eigenvalue weighted by Gasteiger charge is -2.41. The van der Waals surface area contributed by atoms with Crippen LogP contribution in [0.5, 0.6) is 5.75 Å². The molecule has 238 valence electrons. The molecule has 0 spiro atoms. The van der Waals surface area contributed by atoms with Crippen LogP contribution in [0.3, 0.4) is 0 Å². The van der Waals surface area contributed by atoms with Crippen molar-refractivity contribution in [3.05, 3.63) is 84.9 Å². The second-order valence-electron chi connectivity index (χ2n) is 13.1. The molecule has 0 heterocycles. The molecular formula is C37H48O5S2. The average Bonchev–Trinajstić information content (AvgIpc) is 3.37. The summed E-state index contributed by atoms with van der Waals surface area (Å²) < 4.78 is 41.3. The van der Waals surface area contributed by atoms with Gasteiger partial charge < -0.3 is 4.74 Å². The number of hydrogen-bond donors (Lipinski definition) is 0. The molecule has 44 heavy (non-hydrogen) atoms. The molecule has 0 radical (unpaired) electrons. The van der Waals surface area contributed by atoms with Crippen LogP contribution in [0.4, 0.5) is 0 Å². The van der Waals surface area contributed by atoms with Crippen LogP contribution < -0.4 is 4.74 Å². The zero-order valence-electron chi connectivity index (χ0n) is 26.5. The van der Waals surface area contributed by atoms with Crippen LogP contribution in [-0.4, -0.2) is 26.6 Å². The molecule has 2 aliphatic rings. The smallest absolute Gasteiger partial charge is 0.278 e. The number of rotatable bonds is 16. The lowest BCUT2D eigenvalue weighted by Crippen LogP contribution is -2.42. The van der Waals surface area contributed by atoms with Gasteiger partial charge in [-0.3, -0.25) is 4.79 Å². The number of Topliss-reactive ketones (excluding diaryl/α,β-unsaturated/α-hetero) is 1. The molecule has 0 aliphatic heterocycles. The first-order valence-corrected chi connectivity index (χ1v) is 19.4. The summed E-state index contributed by atoms with van der Waals surface area (Å²) in [6.45, 7) is 7.01. The molecule has 0 amide bonds. The molecule has 2 saturated carbocycles. The Labute approximate surface area is 266 Å². The lowest BCUT2D eigenvalue weighted by molar-refractivity contribution is -0.128. The monoisotopic (exact) mass is 636 g/mol. The second-order valence-corrected chi connectivity index (χ2v) is 17.5. The van der Waals surface area contributed by atoms with Gasteiger partial charge in [-0.05, 0) is 89.4 Å². The van der Waals surface area contributed by atoms with Crippen LogP contribution in [0.25, 0.3) is 0 Å². The van der Waals surface area contributed by atoms with E-state index in [1.807, 2.05) is 84.9 Å². The summed E-state index contributed by atoms with van der Waals surface area (Å²) >= 11 is 0. The normalized spacial score (nSPS) is 21.4. The molecule has 2 atom stereocenters. The van der Waals surface area contributed by atoms with Crippen molar-refractivity contribution < 1.29 is 21.6 Å². The number of unbranched alkanes of at least 4 members (excludes halogenated alkanes) is 6. The molecule has 0 saturated heterocycles. The molecule has 2 unspecified atom stereocenters. The van der Waals surface area contributed by atoms with Crippen LogP contribution in [0.1, 0.15) is 85.0 Å². The maximum Gasteiger partial charge on any atom is 0.278 e. The number of carbonyl (C=O) groups is 1. The predicted octanol–water partition coefficient (Wildman–Crippen LogP) is 9.75. The highest BCUT2D eigenvalue weighted by Crippen LogP contribution is 2.71. The molecule has 3 aromatic carbocycles. The SMILES string of the molecule is CCCCCCCCCOc1ccc(S(OS(=O)(=O)CC23CCC(CC2=O)C3(C)C)(c2ccccc2)c2ccccc2)cc1. The molecule has 7 heteroatoms. The summed E-state index contributed by atoms with van der Waals surface area (Å²) in [5.41, 5.74) is -1.30. The van der Waals surface area contributed by atoms with E-state index in [4.69, 9.17) is 8.37 Å². The van der Waals surface area contributed by atoms with Gasteiger partial charge >= 0.3 is 0 Å². The van der Waals surface area contributed by atoms with Crippen LogP contribution in [0.15, 0.2) is 99.6 Å². The van der Waals surface area contributed by atoms with Crippen LogP contribution in [-0.2, 0) is 18.5 Å². The summed E-state index contributed by atoms with van der Waals surface area (Å²) in [5, 5.41) is 0. The Morgan fingerprint density at radius 1 is 0.750 bits per heavy atom. The molecule has 5 nitrogen and oxygen atoms in total. The summed E-state index contributed by atoms with van der Waals surface area (Å²) in [4.78, 5) is 15.7. The minimum atomic E-state index is -4.17. The number of fused-ring (bicyclic) bond motifs is 2. The zero-order valence-corrected chi connectivity index (χ0v) is 28.1. The van der Waals surface area contributed by atoms with E-state index in [2.05, 4.69) is 20.8 Å². The Balaban J connectivity index is 1.45. The van der Waals surface area contributed by atoms with Crippen molar-refractivity contribution in [2.75, 3.05) is 12.4 Å². The van der Waals surface area contributed by atoms with Crippen LogP contribution in [0, 0.1) is 16.7 Å². The fourth-order valence-electron chi connectivity index (χ4n) is 7.32. The summed E-state index contributed by atoms with van der Waals surface area (Å²) in [6, 6.07) is 27.0. The Hall–Kier alpha value is -2.61. The molecule has 0 N–H and O–H groups in total. The third-order valence-corrected chi connectivity index (χ3v) is 15.4. The van der Waals surface area contributed by atoms with Crippen molar-refractivity contribution in [3.63, 3.8) is 0 Å². The highest BCUT2D eigenvalue weighted by Gasteiger charge is 2.65. The topological polar surface area (TPSA) is 69.7 Å². The molecule has 3 aromatic rings. The summed E-state index contributed by atoms with van der Waals surface area (Å²) in [6.07, 6.45) is 10.5. The van der Waals surface area contributed by atoms with E-state index in [1.54, 1.807) is 0 Å². The van der Waals surface area contributed by atoms with Crippen molar-refractivity contribution in [2.24, 2.45) is 16.7 Å². The first kappa shape index (κ1) is 32.8. The van der Waals surface area contributed by atoms with Gasteiger partial charge in [0.05, 0.1) is 17.8 Å². The Morgan fingerprint density at radius 3 is 1.82 bits per heavy atom. The maximum absolute atomic E-state index is 14.3. The first-order chi connectivity index (χ1) is 21.1. The van der Waals surface area contributed by atoms with E-state index >= 15 is 0 Å². The van der Waals surface area contributed by atoms with Crippen LogP contribution >= 0.6 is 10.3 Å². The minimum absolute atomic E-state index is 0.0633. The lowest BCUT2D eigenvalue weighted by atomic mass is 9.70. The third-order valence-electron chi connectivity index (χ3n) is 10.1. The van der Waals surface area contributed by atoms with Gasteiger partial charge in [0, 0.05) is 21.1 Å². The number of benzene rings is 3. The van der Waals surface area contributed by atoms with Gasteiger partial charge in [-0.25, -0.2) is 3.63 Å². The largest absolute Gasteiger partial charge is 0.494 e. The average molecular weight is 637 g/mol. The molecule has 5 rings (SSSR count). The van der Waals surface area contributed by atoms with Gasteiger partial charge in [-0.1, -0.05) is 95.7 Å². The molecule has 2 fully saturated rings. The predicted molar refractivity (Wildman–Crippen MR) is 179 cm³/mol. The number of carbonyl (C=O) groups excluding carboxylic acids is 1. The third kappa shape index (κ3) is 6.52. The molecule has 0 aromatic heterocycles. The van der Waals surface area contributed by atoms with Gasteiger partial charge in [-0.2, -0.15) is 8.42 Å². The first-order valence-electron chi connectivity index (χ1n) is 16.3. The van der Waals surface area contributed by atoms with Crippen molar-refractivity contribution in [1.29, 1.82) is 0 Å². The highest BCUT2D eigenvalue weighted by atomic mass is 32.3. The maximum atomic E-state index is 14.3. The van der Waals surface area contributed by atoms with E-state index in [0.717, 1.165) is 39.7 Å². The van der Waals surface area contributed by atoms with Crippen molar-refractivity contribution in [3.8, 4) is 5.75 Å². The summed E-state index contributed by atoms with van der Waals surface area (Å²) in [7, 11) is -6.89. The van der Waals surface area contributed by atoms with E-state index in [9.17, 15) is 13.2 Å². The second kappa shape index (κ2) is 13.8. The van der Waals surface area contributed by atoms with Gasteiger partial charge in [0.15, 0.2) is 0 Å². The fraction of sp³-hybridized carbons (Fsp3) is 0.486. The van der Waals surface area contributed by atoms with Gasteiger partial charge in [0.2, 0.25) is 0 Å². The van der Waals surface area contributed by atoms with Crippen molar-refractivity contribution in [2.45, 2.75) is 99.7 Å². The Morgan fingerprint density at radius 2 is 1.30 bits per heavy atom. The van der Waals surface area contributed by atoms with Gasteiger partial charge in [0.1, 0.15) is 11.5 Å². The highest BCUT2D eigenvalue weighted by molar-refractivity contribution is 8.33. The molecule has 2 bridgehead atoms. The quantitative estimate of drug-likeness (QED) is 0.146. The Bertz CT molecular complexity index is 1450. The van der Waals surface area contributed by atoms with Crippen molar-refractivity contribution in [1.82, 2.24) is 0 Å². The van der Waals surface area contributed by atoms with E-state index in [1.165, 1.54) is 32.1 Å². The summed E-state index contributed by atoms with van der Waals surface area (Å²) in [5.74, 6) is 0.745. The van der Waals surface area contributed by atoms with Gasteiger partial charge in [0.25, 0.3) is 10.1 Å². The Kier molecular flexibility index (Phi) is 10.3. The van der Waals surface area contributed by atoms with Crippen molar-refractivity contribution >= 4 is 26.2 Å². The van der Waals surface area contributed by atoms with E-state index in [-0.39, 0.29) is 22.9 Å². The van der Waals surface area contributed by atoms with E-state index in [0.29, 0.717) is 19.4 Å². The van der Waals surface area contributed by atoms with Crippen LogP contribution in [0.2, 0.25) is 0 Å². The standard InChI is InChI=1S/C37H48O5S2/c1-4-5-6-7-8-9-16-27-41-31-21-23-34(24-22-31)44(32-17-12-10-13-18-32,33-19-14-11-15-20-33)42-43(39,40)29-37-26-25-30(28-35(37)38)36(37,2)3/h10-15,17-24,30H,4-9,16,25-29H2,1-3H3. The number of ketones is 1. The fourth-order valence-corrected chi connectivity index (χ4v) is 13.4. The molecular weight excluding hydrogens is 589 g/mol.